The summed E-state index contributed by atoms with van der Waals surface area (Å²) in [5, 5.41) is 4.16. The lowest BCUT2D eigenvalue weighted by molar-refractivity contribution is 0.228. The molecule has 5 rings (SSSR count). The molecule has 4 aliphatic rings. The molecule has 1 heterocycles. The van der Waals surface area contributed by atoms with E-state index in [2.05, 4.69) is 10.1 Å². The molecule has 2 N–H and O–H groups in total. The third kappa shape index (κ3) is 1.06. The third-order valence-corrected chi connectivity index (χ3v) is 6.15. The van der Waals surface area contributed by atoms with Crippen LogP contribution in [-0.4, -0.2) is 10.1 Å². The molecule has 0 saturated heterocycles. The average Bonchev–Trinajstić information content (AvgIpc) is 2.79. The molecular formula is C14H19N3O. The summed E-state index contributed by atoms with van der Waals surface area (Å²) < 4.78 is 5.53. The van der Waals surface area contributed by atoms with Crippen LogP contribution in [0.3, 0.4) is 0 Å². The van der Waals surface area contributed by atoms with Gasteiger partial charge in [0.05, 0.1) is 5.54 Å². The summed E-state index contributed by atoms with van der Waals surface area (Å²) in [5.41, 5.74) is 5.98. The molecular weight excluding hydrogens is 226 g/mol. The van der Waals surface area contributed by atoms with Crippen molar-refractivity contribution in [3.63, 3.8) is 0 Å². The summed E-state index contributed by atoms with van der Waals surface area (Å²) in [6, 6.07) is 0. The smallest absolute Gasteiger partial charge is 0.230 e. The zero-order valence-corrected chi connectivity index (χ0v) is 10.5. The Balaban J connectivity index is 1.43. The number of hydrogen-bond donors (Lipinski definition) is 1. The molecule has 4 unspecified atom stereocenters. The van der Waals surface area contributed by atoms with Crippen molar-refractivity contribution >= 4 is 0 Å². The van der Waals surface area contributed by atoms with E-state index in [0.29, 0.717) is 5.92 Å². The minimum absolute atomic E-state index is 0.273. The molecule has 2 bridgehead atoms. The van der Waals surface area contributed by atoms with Crippen molar-refractivity contribution in [1.29, 1.82) is 0 Å². The summed E-state index contributed by atoms with van der Waals surface area (Å²) in [4.78, 5) is 4.64. The van der Waals surface area contributed by atoms with E-state index in [-0.39, 0.29) is 5.54 Å². The van der Waals surface area contributed by atoms with Crippen molar-refractivity contribution < 1.29 is 4.52 Å². The van der Waals surface area contributed by atoms with Gasteiger partial charge in [0, 0.05) is 5.92 Å². The second-order valence-corrected chi connectivity index (χ2v) is 6.98. The van der Waals surface area contributed by atoms with Crippen molar-refractivity contribution in [1.82, 2.24) is 10.1 Å². The van der Waals surface area contributed by atoms with Gasteiger partial charge in [-0.25, -0.2) is 0 Å². The second-order valence-electron chi connectivity index (χ2n) is 6.98. The maximum Gasteiger partial charge on any atom is 0.230 e. The first kappa shape index (κ1) is 9.96. The van der Waals surface area contributed by atoms with Gasteiger partial charge in [-0.15, -0.1) is 0 Å². The van der Waals surface area contributed by atoms with Crippen LogP contribution in [0.4, 0.5) is 0 Å². The Hall–Kier alpha value is -0.900. The van der Waals surface area contributed by atoms with Crippen LogP contribution in [0.25, 0.3) is 0 Å². The monoisotopic (exact) mass is 245 g/mol. The van der Waals surface area contributed by atoms with Crippen LogP contribution in [0.5, 0.6) is 0 Å². The molecule has 96 valence electrons. The number of nitrogens with zero attached hydrogens (tertiary/aromatic N) is 2. The molecule has 4 saturated carbocycles. The molecule has 1 aromatic heterocycles. The Morgan fingerprint density at radius 1 is 1.17 bits per heavy atom. The largest absolute Gasteiger partial charge is 0.339 e. The van der Waals surface area contributed by atoms with E-state index in [4.69, 9.17) is 10.3 Å². The van der Waals surface area contributed by atoms with Gasteiger partial charge in [-0.05, 0) is 62.2 Å². The standard InChI is InChI=1S/C14H19N3O/c15-14(4-1-5-14)13-16-12(18-17-13)11-9-7-2-3-8(6-7)10(9)11/h7-11H,1-6,15H2. The summed E-state index contributed by atoms with van der Waals surface area (Å²) in [6.07, 6.45) is 7.55. The maximum absolute atomic E-state index is 6.26. The highest BCUT2D eigenvalue weighted by molar-refractivity contribution is 5.23. The van der Waals surface area contributed by atoms with E-state index in [9.17, 15) is 0 Å². The lowest BCUT2D eigenvalue weighted by Crippen LogP contribution is -2.44. The van der Waals surface area contributed by atoms with Gasteiger partial charge in [-0.1, -0.05) is 5.16 Å². The van der Waals surface area contributed by atoms with Gasteiger partial charge in [0.1, 0.15) is 0 Å². The molecule has 18 heavy (non-hydrogen) atoms. The van der Waals surface area contributed by atoms with Crippen LogP contribution in [0.15, 0.2) is 4.52 Å². The van der Waals surface area contributed by atoms with Gasteiger partial charge in [0.15, 0.2) is 5.82 Å². The van der Waals surface area contributed by atoms with E-state index < -0.39 is 0 Å². The van der Waals surface area contributed by atoms with Crippen molar-refractivity contribution in [2.75, 3.05) is 0 Å². The van der Waals surface area contributed by atoms with Crippen LogP contribution in [0.2, 0.25) is 0 Å². The number of rotatable bonds is 2. The average molecular weight is 245 g/mol. The molecule has 0 aliphatic heterocycles. The first-order valence-corrected chi connectivity index (χ1v) is 7.39. The Morgan fingerprint density at radius 2 is 1.89 bits per heavy atom. The van der Waals surface area contributed by atoms with Crippen molar-refractivity contribution in [2.24, 2.45) is 29.4 Å². The Bertz CT molecular complexity index is 491. The summed E-state index contributed by atoms with van der Waals surface area (Å²) >= 11 is 0. The zero-order valence-electron chi connectivity index (χ0n) is 10.5. The van der Waals surface area contributed by atoms with Crippen LogP contribution in [0.1, 0.15) is 56.2 Å². The summed E-state index contributed by atoms with van der Waals surface area (Å²) in [6.45, 7) is 0. The SMILES string of the molecule is NC1(c2noc(C3C4C5CCC(C5)C34)n2)CCC1. The van der Waals surface area contributed by atoms with E-state index in [0.717, 1.165) is 48.2 Å². The Labute approximate surface area is 106 Å². The predicted octanol–water partition coefficient (Wildman–Crippen LogP) is 2.17. The van der Waals surface area contributed by atoms with Gasteiger partial charge in [-0.3, -0.25) is 0 Å². The molecule has 0 aromatic carbocycles. The van der Waals surface area contributed by atoms with Crippen LogP contribution >= 0.6 is 0 Å². The summed E-state index contributed by atoms with van der Waals surface area (Å²) in [5.74, 6) is 5.89. The predicted molar refractivity (Wildman–Crippen MR) is 64.6 cm³/mol. The first-order valence-electron chi connectivity index (χ1n) is 7.39. The van der Waals surface area contributed by atoms with Crippen molar-refractivity contribution in [3.8, 4) is 0 Å². The van der Waals surface area contributed by atoms with Crippen LogP contribution in [0, 0.1) is 23.7 Å². The van der Waals surface area contributed by atoms with Crippen LogP contribution in [-0.2, 0) is 5.54 Å². The van der Waals surface area contributed by atoms with Gasteiger partial charge >= 0.3 is 0 Å². The fourth-order valence-electron chi connectivity index (χ4n) is 5.01. The quantitative estimate of drug-likeness (QED) is 0.867. The molecule has 4 aliphatic carbocycles. The maximum atomic E-state index is 6.26. The Kier molecular flexibility index (Phi) is 1.65. The molecule has 4 atom stereocenters. The van der Waals surface area contributed by atoms with Gasteiger partial charge in [0.2, 0.25) is 5.89 Å². The van der Waals surface area contributed by atoms with Gasteiger partial charge < -0.3 is 10.3 Å². The van der Waals surface area contributed by atoms with E-state index >= 15 is 0 Å². The minimum Gasteiger partial charge on any atom is -0.339 e. The topological polar surface area (TPSA) is 64.9 Å². The molecule has 4 heteroatoms. The fraction of sp³-hybridized carbons (Fsp3) is 0.857. The lowest BCUT2D eigenvalue weighted by atomic mass is 9.77. The number of nitrogens with two attached hydrogens (primary N) is 1. The zero-order chi connectivity index (χ0) is 11.9. The fourth-order valence-corrected chi connectivity index (χ4v) is 5.01. The highest BCUT2D eigenvalue weighted by Crippen LogP contribution is 2.72. The number of fused-ring (bicyclic) bond motifs is 5. The second kappa shape index (κ2) is 2.98. The molecule has 1 aromatic rings. The Morgan fingerprint density at radius 3 is 2.50 bits per heavy atom. The lowest BCUT2D eigenvalue weighted by Gasteiger charge is -2.34. The van der Waals surface area contributed by atoms with Crippen molar-refractivity contribution in [2.45, 2.75) is 50.0 Å². The van der Waals surface area contributed by atoms with Crippen LogP contribution < -0.4 is 5.73 Å². The van der Waals surface area contributed by atoms with E-state index in [1.165, 1.54) is 25.7 Å². The number of hydrogen-bond acceptors (Lipinski definition) is 4. The highest BCUT2D eigenvalue weighted by atomic mass is 16.5. The molecule has 0 spiro atoms. The molecule has 0 radical (unpaired) electrons. The molecule has 4 nitrogen and oxygen atoms in total. The van der Waals surface area contributed by atoms with Gasteiger partial charge in [0.25, 0.3) is 0 Å². The molecule has 0 amide bonds. The highest BCUT2D eigenvalue weighted by Gasteiger charge is 2.67. The van der Waals surface area contributed by atoms with Gasteiger partial charge in [-0.2, -0.15) is 4.98 Å². The first-order chi connectivity index (χ1) is 8.76. The summed E-state index contributed by atoms with van der Waals surface area (Å²) in [7, 11) is 0. The number of aromatic nitrogens is 2. The van der Waals surface area contributed by atoms with E-state index in [1.807, 2.05) is 0 Å². The third-order valence-electron chi connectivity index (χ3n) is 6.15. The molecule has 4 fully saturated rings. The van der Waals surface area contributed by atoms with E-state index in [1.54, 1.807) is 0 Å². The normalized spacial score (nSPS) is 46.8. The minimum atomic E-state index is -0.273. The van der Waals surface area contributed by atoms with Crippen molar-refractivity contribution in [3.05, 3.63) is 11.7 Å².